The van der Waals surface area contributed by atoms with Gasteiger partial charge in [0, 0.05) is 20.1 Å². The summed E-state index contributed by atoms with van der Waals surface area (Å²) in [5.41, 5.74) is 1.02. The summed E-state index contributed by atoms with van der Waals surface area (Å²) in [5.74, 6) is -1.46. The molecule has 0 aromatic heterocycles. The highest BCUT2D eigenvalue weighted by Crippen LogP contribution is 2.30. The molecule has 3 fully saturated rings. The van der Waals surface area contributed by atoms with Crippen LogP contribution < -0.4 is 5.32 Å². The van der Waals surface area contributed by atoms with E-state index in [9.17, 15) is 24.3 Å². The summed E-state index contributed by atoms with van der Waals surface area (Å²) >= 11 is 0. The lowest BCUT2D eigenvalue weighted by atomic mass is 9.88. The maximum Gasteiger partial charge on any atom is 0.334 e. The van der Waals surface area contributed by atoms with Crippen LogP contribution in [0.4, 0.5) is 4.79 Å². The first-order valence-electron chi connectivity index (χ1n) is 12.3. The van der Waals surface area contributed by atoms with Crippen molar-refractivity contribution in [1.29, 1.82) is 0 Å². The largest absolute Gasteiger partial charge is 0.481 e. The zero-order valence-corrected chi connectivity index (χ0v) is 19.8. The summed E-state index contributed by atoms with van der Waals surface area (Å²) < 4.78 is 0. The normalized spacial score (nSPS) is 26.4. The van der Waals surface area contributed by atoms with Crippen LogP contribution in [0.3, 0.4) is 0 Å². The number of fused-ring (bicyclic) bond motifs is 1. The van der Waals surface area contributed by atoms with Crippen molar-refractivity contribution >= 4 is 23.8 Å². The third-order valence-corrected chi connectivity index (χ3v) is 7.23. The Morgan fingerprint density at radius 1 is 1.15 bits per heavy atom. The van der Waals surface area contributed by atoms with Crippen LogP contribution in [0.15, 0.2) is 23.8 Å². The van der Waals surface area contributed by atoms with Crippen molar-refractivity contribution in [2.45, 2.75) is 63.6 Å². The molecule has 2 heterocycles. The average molecular weight is 474 g/mol. The number of rotatable bonds is 6. The summed E-state index contributed by atoms with van der Waals surface area (Å²) in [5, 5.41) is 15.5. The summed E-state index contributed by atoms with van der Waals surface area (Å²) in [4.78, 5) is 54.3. The molecule has 0 radical (unpaired) electrons. The standard InChI is InChI=1S/C24H35N5O5/c1-26-16-21(30)28-19(12-22(31)32)23(33)27(14-18-10-6-3-7-11-18)15-20(28)29(26)24(34)25-13-17-8-4-2-5-9-17/h4,8-9,18-20H,2-3,5-7,10-16H2,1H3,(H,25,34)(H,31,32)/t19-,20-/m0/s1. The number of carboxylic acid groups (broad SMARTS) is 1. The van der Waals surface area contributed by atoms with E-state index in [1.165, 1.54) is 16.3 Å². The van der Waals surface area contributed by atoms with Crippen LogP contribution in [-0.4, -0.2) is 94.2 Å². The SMILES string of the molecule is CN1CC(=O)N2[C@@H](CC(=O)O)C(=O)N(CC3CCCCC3)C[C@@H]2N1C(=O)NCC1=CCCC=C1. The van der Waals surface area contributed by atoms with Crippen LogP contribution in [-0.2, 0) is 14.4 Å². The van der Waals surface area contributed by atoms with Gasteiger partial charge < -0.3 is 20.2 Å². The maximum absolute atomic E-state index is 13.3. The Morgan fingerprint density at radius 2 is 1.91 bits per heavy atom. The summed E-state index contributed by atoms with van der Waals surface area (Å²) in [7, 11) is 1.67. The van der Waals surface area contributed by atoms with Crippen LogP contribution in [0.2, 0.25) is 0 Å². The molecule has 4 amide bonds. The molecule has 186 valence electrons. The number of hydrazine groups is 1. The van der Waals surface area contributed by atoms with Gasteiger partial charge in [-0.25, -0.2) is 14.8 Å². The van der Waals surface area contributed by atoms with Crippen molar-refractivity contribution in [3.8, 4) is 0 Å². The van der Waals surface area contributed by atoms with E-state index in [4.69, 9.17) is 0 Å². The van der Waals surface area contributed by atoms with Gasteiger partial charge >= 0.3 is 12.0 Å². The number of piperazine rings is 1. The number of aliphatic carboxylic acids is 1. The van der Waals surface area contributed by atoms with Crippen LogP contribution >= 0.6 is 0 Å². The van der Waals surface area contributed by atoms with Gasteiger partial charge in [0.15, 0.2) is 0 Å². The molecule has 34 heavy (non-hydrogen) atoms. The van der Waals surface area contributed by atoms with Crippen LogP contribution in [0.25, 0.3) is 0 Å². The second-order valence-corrected chi connectivity index (χ2v) is 9.72. The highest BCUT2D eigenvalue weighted by molar-refractivity contribution is 5.93. The van der Waals surface area contributed by atoms with E-state index in [-0.39, 0.29) is 30.9 Å². The third kappa shape index (κ3) is 5.27. The predicted octanol–water partition coefficient (Wildman–Crippen LogP) is 1.56. The Hall–Kier alpha value is -2.88. The smallest absolute Gasteiger partial charge is 0.334 e. The minimum absolute atomic E-state index is 0.0987. The average Bonchev–Trinajstić information content (AvgIpc) is 2.81. The number of carbonyl (C=O) groups excluding carboxylic acids is 3. The second kappa shape index (κ2) is 10.6. The van der Waals surface area contributed by atoms with Crippen molar-refractivity contribution in [3.05, 3.63) is 23.8 Å². The molecule has 0 aromatic rings. The minimum atomic E-state index is -1.14. The molecule has 0 unspecified atom stereocenters. The molecule has 1 saturated carbocycles. The number of nitrogens with one attached hydrogen (secondary N) is 1. The first kappa shape index (κ1) is 24.3. The molecule has 0 spiro atoms. The Labute approximate surface area is 200 Å². The first-order chi connectivity index (χ1) is 16.3. The van der Waals surface area contributed by atoms with Crippen molar-refractivity contribution in [2.75, 3.05) is 33.2 Å². The van der Waals surface area contributed by atoms with E-state index < -0.39 is 24.6 Å². The van der Waals surface area contributed by atoms with Crippen LogP contribution in [0, 0.1) is 5.92 Å². The van der Waals surface area contributed by atoms with Crippen LogP contribution in [0.5, 0.6) is 0 Å². The molecule has 4 aliphatic rings. The fourth-order valence-electron chi connectivity index (χ4n) is 5.57. The number of carbonyl (C=O) groups is 4. The van der Waals surface area contributed by atoms with E-state index in [1.807, 2.05) is 6.08 Å². The molecular formula is C24H35N5O5. The van der Waals surface area contributed by atoms with E-state index in [2.05, 4.69) is 17.5 Å². The Morgan fingerprint density at radius 3 is 2.59 bits per heavy atom. The number of allylic oxidation sites excluding steroid dienone is 2. The Bertz CT molecular complexity index is 881. The molecule has 0 aromatic carbocycles. The van der Waals surface area contributed by atoms with Crippen molar-refractivity contribution in [2.24, 2.45) is 5.92 Å². The van der Waals surface area contributed by atoms with Crippen LogP contribution in [0.1, 0.15) is 51.4 Å². The minimum Gasteiger partial charge on any atom is -0.481 e. The number of hydrogen-bond acceptors (Lipinski definition) is 5. The molecule has 10 heteroatoms. The van der Waals surface area contributed by atoms with Gasteiger partial charge in [-0.15, -0.1) is 0 Å². The molecule has 2 aliphatic heterocycles. The molecule has 2 N–H and O–H groups in total. The number of hydrogen-bond donors (Lipinski definition) is 2. The van der Waals surface area contributed by atoms with Gasteiger partial charge in [-0.2, -0.15) is 0 Å². The summed E-state index contributed by atoms with van der Waals surface area (Å²) in [6.45, 7) is 0.976. The maximum atomic E-state index is 13.3. The van der Waals surface area contributed by atoms with Gasteiger partial charge in [0.25, 0.3) is 0 Å². The topological polar surface area (TPSA) is 114 Å². The molecule has 4 rings (SSSR count). The van der Waals surface area contributed by atoms with Gasteiger partial charge in [-0.3, -0.25) is 14.4 Å². The van der Waals surface area contributed by atoms with Crippen molar-refractivity contribution in [1.82, 2.24) is 25.1 Å². The molecular weight excluding hydrogens is 438 g/mol. The van der Waals surface area contributed by atoms with Gasteiger partial charge in [-0.05, 0) is 37.2 Å². The van der Waals surface area contributed by atoms with Gasteiger partial charge in [0.05, 0.1) is 19.5 Å². The van der Waals surface area contributed by atoms with E-state index in [0.29, 0.717) is 19.0 Å². The number of likely N-dealkylation sites (N-methyl/N-ethyl adjacent to an activating group) is 1. The zero-order valence-electron chi connectivity index (χ0n) is 19.8. The van der Waals surface area contributed by atoms with Gasteiger partial charge in [-0.1, -0.05) is 37.5 Å². The van der Waals surface area contributed by atoms with E-state index in [0.717, 1.165) is 44.1 Å². The summed E-state index contributed by atoms with van der Waals surface area (Å²) in [6, 6.07) is -1.48. The molecule has 0 bridgehead atoms. The molecule has 2 saturated heterocycles. The Balaban J connectivity index is 1.56. The number of amides is 4. The monoisotopic (exact) mass is 473 g/mol. The predicted molar refractivity (Wildman–Crippen MR) is 124 cm³/mol. The lowest BCUT2D eigenvalue weighted by molar-refractivity contribution is -0.189. The number of carboxylic acids is 1. The zero-order chi connectivity index (χ0) is 24.2. The van der Waals surface area contributed by atoms with E-state index in [1.54, 1.807) is 17.0 Å². The quantitative estimate of drug-likeness (QED) is 0.605. The van der Waals surface area contributed by atoms with Gasteiger partial charge in [0.1, 0.15) is 12.2 Å². The fraction of sp³-hybridized carbons (Fsp3) is 0.667. The molecule has 2 aliphatic carbocycles. The van der Waals surface area contributed by atoms with E-state index >= 15 is 0 Å². The number of nitrogens with zero attached hydrogens (tertiary/aromatic N) is 4. The number of urea groups is 1. The molecule has 2 atom stereocenters. The van der Waals surface area contributed by atoms with Crippen molar-refractivity contribution < 1.29 is 24.3 Å². The lowest BCUT2D eigenvalue weighted by Crippen LogP contribution is -2.76. The highest BCUT2D eigenvalue weighted by atomic mass is 16.4. The van der Waals surface area contributed by atoms with Crippen molar-refractivity contribution in [3.63, 3.8) is 0 Å². The second-order valence-electron chi connectivity index (χ2n) is 9.72. The Kier molecular flexibility index (Phi) is 7.55. The lowest BCUT2D eigenvalue weighted by Gasteiger charge is -2.54. The highest BCUT2D eigenvalue weighted by Gasteiger charge is 2.51. The third-order valence-electron chi connectivity index (χ3n) is 7.23. The fourth-order valence-corrected chi connectivity index (χ4v) is 5.57. The first-order valence-corrected chi connectivity index (χ1v) is 12.3. The molecule has 10 nitrogen and oxygen atoms in total. The summed E-state index contributed by atoms with van der Waals surface area (Å²) in [6.07, 6.45) is 12.4. The van der Waals surface area contributed by atoms with Gasteiger partial charge in [0.2, 0.25) is 11.8 Å².